The van der Waals surface area contributed by atoms with Crippen molar-refractivity contribution in [3.8, 4) is 0 Å². The predicted octanol–water partition coefficient (Wildman–Crippen LogP) is 1.71. The van der Waals surface area contributed by atoms with Crippen molar-refractivity contribution in [3.05, 3.63) is 10.6 Å². The number of allylic oxidation sites excluding steroid dienone is 1. The van der Waals surface area contributed by atoms with Crippen LogP contribution >= 0.6 is 36.2 Å². The molecular weight excluding hydrogens is 314 g/mol. The number of carbonyl (C=O) groups excluding carboxylic acids is 2. The molecule has 0 aromatic rings. The molecule has 3 atom stereocenters. The topological polar surface area (TPSA) is 57.6 Å². The standard InChI is InChI=1S/C13H17NO3S3/c1-6(15)8-11(16)14-9(13(17)18)10(20-12(8)14)7-2-4-19-5-3-7/h6-8,12,15H,2-5H2,1H3,(H,17,18)/t6-,8+,12-/m1/s1. The molecule has 3 aliphatic heterocycles. The molecule has 1 amide bonds. The lowest BCUT2D eigenvalue weighted by atomic mass is 9.91. The Bertz CT molecular complexity index is 485. The van der Waals surface area contributed by atoms with Gasteiger partial charge >= 0.3 is 0 Å². The van der Waals surface area contributed by atoms with E-state index in [1.165, 1.54) is 0 Å². The van der Waals surface area contributed by atoms with E-state index in [0.29, 0.717) is 11.6 Å². The predicted molar refractivity (Wildman–Crippen MR) is 84.5 cm³/mol. The second-order valence-electron chi connectivity index (χ2n) is 5.39. The quantitative estimate of drug-likeness (QED) is 0.609. The number of hydrogen-bond donors (Lipinski definition) is 2. The highest BCUT2D eigenvalue weighted by Crippen LogP contribution is 2.54. The number of aliphatic hydroxyl groups is 1. The smallest absolute Gasteiger partial charge is 0.236 e. The van der Waals surface area contributed by atoms with Gasteiger partial charge in [-0.25, -0.2) is 0 Å². The Labute approximate surface area is 132 Å². The Kier molecular flexibility index (Phi) is 4.14. The van der Waals surface area contributed by atoms with Gasteiger partial charge in [0.05, 0.1) is 12.0 Å². The lowest BCUT2D eigenvalue weighted by molar-refractivity contribution is -0.153. The van der Waals surface area contributed by atoms with E-state index in [9.17, 15) is 14.7 Å². The van der Waals surface area contributed by atoms with E-state index in [1.54, 1.807) is 23.6 Å². The van der Waals surface area contributed by atoms with Crippen molar-refractivity contribution in [2.75, 3.05) is 11.5 Å². The number of carbonyl (C=O) groups is 2. The van der Waals surface area contributed by atoms with E-state index in [-0.39, 0.29) is 16.4 Å². The minimum atomic E-state index is -0.672. The first-order valence-corrected chi connectivity index (χ1v) is 9.23. The van der Waals surface area contributed by atoms with Crippen LogP contribution in [0.4, 0.5) is 0 Å². The molecule has 2 saturated heterocycles. The first-order chi connectivity index (χ1) is 9.52. The molecule has 2 fully saturated rings. The van der Waals surface area contributed by atoms with Crippen LogP contribution in [-0.2, 0) is 9.59 Å². The van der Waals surface area contributed by atoms with E-state index in [2.05, 4.69) is 12.6 Å². The highest BCUT2D eigenvalue weighted by Gasteiger charge is 2.57. The number of aliphatic hydroxyl groups excluding tert-OH is 1. The van der Waals surface area contributed by atoms with Gasteiger partial charge in [-0.05, 0) is 37.2 Å². The third kappa shape index (κ3) is 2.23. The van der Waals surface area contributed by atoms with Gasteiger partial charge in [0.1, 0.15) is 11.1 Å². The Balaban J connectivity index is 1.89. The van der Waals surface area contributed by atoms with Gasteiger partial charge < -0.3 is 5.11 Å². The van der Waals surface area contributed by atoms with Crippen LogP contribution in [0.1, 0.15) is 19.8 Å². The lowest BCUT2D eigenvalue weighted by Crippen LogP contribution is -2.60. The van der Waals surface area contributed by atoms with Crippen LogP contribution < -0.4 is 0 Å². The molecule has 0 spiro atoms. The minimum absolute atomic E-state index is 0.113. The molecule has 7 heteroatoms. The molecule has 110 valence electrons. The monoisotopic (exact) mass is 331 g/mol. The van der Waals surface area contributed by atoms with E-state index < -0.39 is 12.0 Å². The first-order valence-electron chi connectivity index (χ1n) is 6.75. The molecular formula is C13H17NO3S3. The van der Waals surface area contributed by atoms with Gasteiger partial charge in [-0.2, -0.15) is 11.8 Å². The second-order valence-corrected chi connectivity index (χ2v) is 8.18. The fourth-order valence-corrected chi connectivity index (χ4v) is 6.26. The van der Waals surface area contributed by atoms with E-state index >= 15 is 0 Å². The van der Waals surface area contributed by atoms with Crippen LogP contribution in [-0.4, -0.2) is 44.0 Å². The molecule has 3 aliphatic rings. The number of amides is 1. The van der Waals surface area contributed by atoms with E-state index in [4.69, 9.17) is 0 Å². The maximum Gasteiger partial charge on any atom is 0.236 e. The number of hydrogen-bond acceptors (Lipinski definition) is 5. The molecule has 0 bridgehead atoms. The summed E-state index contributed by atoms with van der Waals surface area (Å²) >= 11 is 7.48. The van der Waals surface area contributed by atoms with Gasteiger partial charge in [0.2, 0.25) is 11.0 Å². The number of rotatable bonds is 3. The number of thioether (sulfide) groups is 2. The van der Waals surface area contributed by atoms with E-state index in [1.807, 2.05) is 11.8 Å². The molecule has 0 radical (unpaired) electrons. The zero-order valence-corrected chi connectivity index (χ0v) is 13.6. The lowest BCUT2D eigenvalue weighted by Gasteiger charge is -2.43. The van der Waals surface area contributed by atoms with Crippen LogP contribution in [0.5, 0.6) is 0 Å². The third-order valence-electron chi connectivity index (χ3n) is 4.12. The molecule has 0 aromatic carbocycles. The number of fused-ring (bicyclic) bond motifs is 1. The molecule has 0 aliphatic carbocycles. The SMILES string of the molecule is C[C@@H](O)[C@H]1C(=O)N2C(C(=O)S)=C(C3CCSCC3)S[C@H]12. The highest BCUT2D eigenvalue weighted by atomic mass is 32.2. The Morgan fingerprint density at radius 1 is 1.45 bits per heavy atom. The van der Waals surface area contributed by atoms with Crippen molar-refractivity contribution in [2.45, 2.75) is 31.2 Å². The largest absolute Gasteiger partial charge is 0.392 e. The Morgan fingerprint density at radius 3 is 2.65 bits per heavy atom. The first kappa shape index (κ1) is 14.8. The second kappa shape index (κ2) is 5.59. The summed E-state index contributed by atoms with van der Waals surface area (Å²) in [4.78, 5) is 26.6. The van der Waals surface area contributed by atoms with E-state index in [0.717, 1.165) is 29.3 Å². The Hall–Kier alpha value is -0.110. The van der Waals surface area contributed by atoms with Crippen molar-refractivity contribution in [1.29, 1.82) is 0 Å². The van der Waals surface area contributed by atoms with Crippen molar-refractivity contribution in [3.63, 3.8) is 0 Å². The minimum Gasteiger partial charge on any atom is -0.392 e. The van der Waals surface area contributed by atoms with Crippen LogP contribution in [0.15, 0.2) is 10.6 Å². The maximum atomic E-state index is 12.2. The van der Waals surface area contributed by atoms with Gasteiger partial charge in [-0.1, -0.05) is 12.6 Å². The van der Waals surface area contributed by atoms with Crippen molar-refractivity contribution >= 4 is 47.2 Å². The summed E-state index contributed by atoms with van der Waals surface area (Å²) in [6, 6.07) is 0. The molecule has 0 unspecified atom stereocenters. The highest BCUT2D eigenvalue weighted by molar-refractivity contribution is 8.04. The average Bonchev–Trinajstić information content (AvgIpc) is 2.74. The normalized spacial score (nSPS) is 32.1. The molecule has 20 heavy (non-hydrogen) atoms. The number of nitrogens with zero attached hydrogens (tertiary/aromatic N) is 1. The van der Waals surface area contributed by atoms with Crippen molar-refractivity contribution in [2.24, 2.45) is 11.8 Å². The summed E-state index contributed by atoms with van der Waals surface area (Å²) in [6.45, 7) is 1.64. The van der Waals surface area contributed by atoms with Gasteiger partial charge in [0, 0.05) is 4.91 Å². The van der Waals surface area contributed by atoms with Crippen molar-refractivity contribution in [1.82, 2.24) is 4.90 Å². The van der Waals surface area contributed by atoms with Crippen LogP contribution in [0.25, 0.3) is 0 Å². The zero-order valence-electron chi connectivity index (χ0n) is 11.1. The van der Waals surface area contributed by atoms with Gasteiger partial charge in [0.15, 0.2) is 0 Å². The summed E-state index contributed by atoms with van der Waals surface area (Å²) in [5.74, 6) is 2.02. The summed E-state index contributed by atoms with van der Waals surface area (Å²) in [5.41, 5.74) is 0.474. The molecule has 3 rings (SSSR count). The van der Waals surface area contributed by atoms with Gasteiger partial charge in [-0.15, -0.1) is 11.8 Å². The number of β-lactam (4-membered cyclic amide) rings is 1. The van der Waals surface area contributed by atoms with Crippen LogP contribution in [0, 0.1) is 11.8 Å². The fraction of sp³-hybridized carbons (Fsp3) is 0.692. The fourth-order valence-electron chi connectivity index (χ4n) is 3.06. The summed E-state index contributed by atoms with van der Waals surface area (Å²) < 4.78 is 0. The molecule has 0 aromatic heterocycles. The maximum absolute atomic E-state index is 12.2. The summed E-state index contributed by atoms with van der Waals surface area (Å²) in [6.07, 6.45) is 1.42. The summed E-state index contributed by atoms with van der Waals surface area (Å²) in [7, 11) is 0. The molecule has 0 saturated carbocycles. The van der Waals surface area contributed by atoms with Crippen LogP contribution in [0.3, 0.4) is 0 Å². The molecule has 3 heterocycles. The Morgan fingerprint density at radius 2 is 2.10 bits per heavy atom. The van der Waals surface area contributed by atoms with Crippen molar-refractivity contribution < 1.29 is 14.7 Å². The van der Waals surface area contributed by atoms with Gasteiger partial charge in [-0.3, -0.25) is 14.5 Å². The molecule has 4 nitrogen and oxygen atoms in total. The summed E-state index contributed by atoms with van der Waals surface area (Å²) in [5, 5.41) is 9.28. The zero-order chi connectivity index (χ0) is 14.4. The number of thiol groups is 1. The van der Waals surface area contributed by atoms with Crippen LogP contribution in [0.2, 0.25) is 0 Å². The average molecular weight is 331 g/mol. The third-order valence-corrected chi connectivity index (χ3v) is 6.91. The van der Waals surface area contributed by atoms with Gasteiger partial charge in [0.25, 0.3) is 0 Å². The molecule has 1 N–H and O–H groups in total.